The quantitative estimate of drug-likeness (QED) is 0.298. The summed E-state index contributed by atoms with van der Waals surface area (Å²) in [5.41, 5.74) is 1.62. The van der Waals surface area contributed by atoms with Crippen LogP contribution in [-0.2, 0) is 38.4 Å². The number of hydrogen-bond acceptors (Lipinski definition) is 10. The summed E-state index contributed by atoms with van der Waals surface area (Å²) in [6.45, 7) is 5.66. The van der Waals surface area contributed by atoms with Crippen LogP contribution < -0.4 is 5.32 Å². The summed E-state index contributed by atoms with van der Waals surface area (Å²) in [4.78, 5) is 29.8. The van der Waals surface area contributed by atoms with Gasteiger partial charge in [-0.05, 0) is 32.3 Å². The van der Waals surface area contributed by atoms with E-state index >= 15 is 0 Å². The molecule has 9 nitrogen and oxygen atoms in total. The van der Waals surface area contributed by atoms with E-state index in [1.165, 1.54) is 28.0 Å². The van der Waals surface area contributed by atoms with Crippen LogP contribution in [0.5, 0.6) is 0 Å². The molecule has 182 valence electrons. The summed E-state index contributed by atoms with van der Waals surface area (Å²) in [7, 11) is 0. The molecule has 4 rings (SSSR count). The highest BCUT2D eigenvalue weighted by Gasteiger charge is 2.23. The second kappa shape index (κ2) is 11.9. The van der Waals surface area contributed by atoms with Gasteiger partial charge in [-0.1, -0.05) is 18.7 Å². The maximum Gasteiger partial charge on any atom is 0.311 e. The third-order valence-corrected chi connectivity index (χ3v) is 8.00. The first-order chi connectivity index (χ1) is 16.6. The van der Waals surface area contributed by atoms with Crippen LogP contribution in [-0.4, -0.2) is 56.7 Å². The molecule has 1 atom stereocenters. The molecule has 1 fully saturated rings. The van der Waals surface area contributed by atoms with Gasteiger partial charge in [-0.25, -0.2) is 4.98 Å². The number of nitrogens with zero attached hydrogens (tertiary/aromatic N) is 4. The number of nitrogens with one attached hydrogen (secondary N) is 1. The van der Waals surface area contributed by atoms with Crippen LogP contribution in [0, 0.1) is 0 Å². The monoisotopic (exact) mass is 521 g/mol. The molecule has 0 aliphatic carbocycles. The smallest absolute Gasteiger partial charge is 0.311 e. The van der Waals surface area contributed by atoms with Gasteiger partial charge in [-0.15, -0.1) is 32.9 Å². The molecule has 1 aliphatic heterocycles. The number of aromatic nitrogens is 4. The Kier molecular flexibility index (Phi) is 8.70. The second-order valence-corrected chi connectivity index (χ2v) is 10.5. The fraction of sp³-hybridized carbons (Fsp3) is 0.500. The summed E-state index contributed by atoms with van der Waals surface area (Å²) in [6.07, 6.45) is 3.25. The first-order valence-electron chi connectivity index (χ1n) is 11.2. The van der Waals surface area contributed by atoms with Crippen molar-refractivity contribution in [1.29, 1.82) is 0 Å². The highest BCUT2D eigenvalue weighted by Crippen LogP contribution is 2.30. The number of ether oxygens (including phenoxy) is 2. The van der Waals surface area contributed by atoms with Crippen LogP contribution in [0.15, 0.2) is 22.0 Å². The number of carbonyl (C=O) groups is 2. The van der Waals surface area contributed by atoms with E-state index in [2.05, 4.69) is 43.4 Å². The van der Waals surface area contributed by atoms with Crippen molar-refractivity contribution >= 4 is 51.4 Å². The first kappa shape index (κ1) is 24.8. The number of aryl methyl sites for hydroxylation is 1. The molecule has 0 aromatic carbocycles. The highest BCUT2D eigenvalue weighted by atomic mass is 32.2. The van der Waals surface area contributed by atoms with Crippen molar-refractivity contribution in [3.05, 3.63) is 27.4 Å². The van der Waals surface area contributed by atoms with Crippen LogP contribution in [0.25, 0.3) is 11.4 Å². The van der Waals surface area contributed by atoms with Crippen LogP contribution in [0.2, 0.25) is 0 Å². The molecule has 1 N–H and O–H groups in total. The maximum absolute atomic E-state index is 12.6. The highest BCUT2D eigenvalue weighted by molar-refractivity contribution is 7.99. The summed E-state index contributed by atoms with van der Waals surface area (Å²) in [6, 6.07) is 2.15. The number of esters is 1. The third-order valence-electron chi connectivity index (χ3n) is 5.15. The van der Waals surface area contributed by atoms with Gasteiger partial charge in [0, 0.05) is 27.8 Å². The predicted molar refractivity (Wildman–Crippen MR) is 133 cm³/mol. The van der Waals surface area contributed by atoms with Crippen molar-refractivity contribution in [3.8, 4) is 11.4 Å². The number of thiophene rings is 1. The number of carbonyl (C=O) groups excluding carboxylic acids is 2. The van der Waals surface area contributed by atoms with Crippen molar-refractivity contribution < 1.29 is 19.1 Å². The number of hydrogen-bond donors (Lipinski definition) is 1. The molecular weight excluding hydrogens is 494 g/mol. The molecule has 1 saturated heterocycles. The number of thiazole rings is 1. The second-order valence-electron chi connectivity index (χ2n) is 7.67. The largest absolute Gasteiger partial charge is 0.466 e. The van der Waals surface area contributed by atoms with Gasteiger partial charge in [-0.2, -0.15) is 0 Å². The van der Waals surface area contributed by atoms with Crippen molar-refractivity contribution in [1.82, 2.24) is 19.7 Å². The van der Waals surface area contributed by atoms with Gasteiger partial charge in [0.1, 0.15) is 0 Å². The minimum Gasteiger partial charge on any atom is -0.466 e. The predicted octanol–water partition coefficient (Wildman–Crippen LogP) is 4.04. The van der Waals surface area contributed by atoms with E-state index in [0.717, 1.165) is 37.3 Å². The van der Waals surface area contributed by atoms with E-state index in [0.29, 0.717) is 29.1 Å². The van der Waals surface area contributed by atoms with Crippen molar-refractivity contribution in [3.63, 3.8) is 0 Å². The Morgan fingerprint density at radius 1 is 1.29 bits per heavy atom. The van der Waals surface area contributed by atoms with Gasteiger partial charge in [0.15, 0.2) is 16.1 Å². The molecule has 3 aromatic rings. The van der Waals surface area contributed by atoms with E-state index < -0.39 is 0 Å². The van der Waals surface area contributed by atoms with Crippen LogP contribution in [0.4, 0.5) is 5.13 Å². The Balaban J connectivity index is 1.40. The standard InChI is InChI=1S/C22H27N5O4S3/c1-3-17-8-14(11-32-17)20-25-26-22(27(20)10-16-6-5-7-31-16)34-13-18(28)24-21-23-15(12-33-21)9-19(29)30-4-2/h8,11-12,16H,3-7,9-10,13H2,1-2H3,(H,23,24,28). The molecule has 0 bridgehead atoms. The molecule has 1 amide bonds. The Bertz CT molecular complexity index is 1120. The molecule has 1 unspecified atom stereocenters. The SMILES string of the molecule is CCOC(=O)Cc1csc(NC(=O)CSc2nnc(-c3csc(CC)c3)n2CC2CCCO2)n1. The Morgan fingerprint density at radius 3 is 2.91 bits per heavy atom. The number of anilines is 1. The Morgan fingerprint density at radius 2 is 2.18 bits per heavy atom. The van der Waals surface area contributed by atoms with Gasteiger partial charge in [0.05, 0.1) is 37.1 Å². The lowest BCUT2D eigenvalue weighted by Crippen LogP contribution is -2.18. The molecule has 12 heteroatoms. The fourth-order valence-corrected chi connectivity index (χ4v) is 5.83. The third kappa shape index (κ3) is 6.44. The lowest BCUT2D eigenvalue weighted by molar-refractivity contribution is -0.142. The zero-order valence-electron chi connectivity index (χ0n) is 19.1. The molecule has 0 spiro atoms. The average Bonchev–Trinajstić information content (AvgIpc) is 3.61. The molecule has 0 saturated carbocycles. The lowest BCUT2D eigenvalue weighted by atomic mass is 10.2. The minimum atomic E-state index is -0.334. The zero-order chi connectivity index (χ0) is 23.9. The first-order valence-corrected chi connectivity index (χ1v) is 14.0. The summed E-state index contributed by atoms with van der Waals surface area (Å²) in [5.74, 6) is 0.441. The van der Waals surface area contributed by atoms with Gasteiger partial charge >= 0.3 is 5.97 Å². The molecule has 0 radical (unpaired) electrons. The molecule has 3 aromatic heterocycles. The summed E-state index contributed by atoms with van der Waals surface area (Å²) < 4.78 is 12.8. The zero-order valence-corrected chi connectivity index (χ0v) is 21.6. The van der Waals surface area contributed by atoms with Gasteiger partial charge in [0.25, 0.3) is 0 Å². The number of amides is 1. The van der Waals surface area contributed by atoms with Crippen LogP contribution in [0.3, 0.4) is 0 Å². The average molecular weight is 522 g/mol. The van der Waals surface area contributed by atoms with Gasteiger partial charge in [-0.3, -0.25) is 14.2 Å². The van der Waals surface area contributed by atoms with E-state index in [4.69, 9.17) is 9.47 Å². The van der Waals surface area contributed by atoms with Crippen molar-refractivity contribution in [2.45, 2.75) is 57.3 Å². The molecular formula is C22H27N5O4S3. The Hall–Kier alpha value is -2.28. The van der Waals surface area contributed by atoms with Crippen LogP contribution in [0.1, 0.15) is 37.3 Å². The molecule has 4 heterocycles. The van der Waals surface area contributed by atoms with E-state index in [1.54, 1.807) is 23.6 Å². The van der Waals surface area contributed by atoms with Gasteiger partial charge < -0.3 is 14.8 Å². The normalized spacial score (nSPS) is 15.5. The lowest BCUT2D eigenvalue weighted by Gasteiger charge is -2.14. The molecule has 1 aliphatic rings. The van der Waals surface area contributed by atoms with E-state index in [9.17, 15) is 9.59 Å². The fourth-order valence-electron chi connectivity index (χ4n) is 3.54. The molecule has 34 heavy (non-hydrogen) atoms. The van der Waals surface area contributed by atoms with E-state index in [-0.39, 0.29) is 30.2 Å². The van der Waals surface area contributed by atoms with E-state index in [1.807, 2.05) is 0 Å². The summed E-state index contributed by atoms with van der Waals surface area (Å²) in [5, 5.41) is 16.6. The number of rotatable bonds is 11. The minimum absolute atomic E-state index is 0.0897. The number of thioether (sulfide) groups is 1. The van der Waals surface area contributed by atoms with Gasteiger partial charge in [0.2, 0.25) is 5.91 Å². The van der Waals surface area contributed by atoms with Crippen molar-refractivity contribution in [2.75, 3.05) is 24.3 Å². The maximum atomic E-state index is 12.6. The summed E-state index contributed by atoms with van der Waals surface area (Å²) >= 11 is 4.33. The van der Waals surface area contributed by atoms with Crippen LogP contribution >= 0.6 is 34.4 Å². The Labute approximate surface area is 210 Å². The topological polar surface area (TPSA) is 108 Å². The van der Waals surface area contributed by atoms with Crippen molar-refractivity contribution in [2.24, 2.45) is 0 Å².